The van der Waals surface area contributed by atoms with Crippen molar-refractivity contribution < 1.29 is 9.59 Å². The van der Waals surface area contributed by atoms with E-state index in [2.05, 4.69) is 15.2 Å². The molecular formula is C21H29Cl2N5O2. The molecule has 5 N–H and O–H groups in total. The van der Waals surface area contributed by atoms with Gasteiger partial charge in [-0.2, -0.15) is 0 Å². The number of nitrogens with two attached hydrogens (primary N) is 2. The van der Waals surface area contributed by atoms with Crippen LogP contribution in [0.15, 0.2) is 48.7 Å². The summed E-state index contributed by atoms with van der Waals surface area (Å²) in [4.78, 5) is 30.3. The lowest BCUT2D eigenvalue weighted by atomic mass is 9.96. The van der Waals surface area contributed by atoms with Crippen LogP contribution < -0.4 is 21.7 Å². The monoisotopic (exact) mass is 453 g/mol. The van der Waals surface area contributed by atoms with E-state index in [1.165, 1.54) is 0 Å². The number of carbonyl (C=O) groups excluding carboxylic acids is 2. The molecule has 1 aliphatic rings. The lowest BCUT2D eigenvalue weighted by Gasteiger charge is -2.32. The van der Waals surface area contributed by atoms with Crippen molar-refractivity contribution in [3.8, 4) is 0 Å². The summed E-state index contributed by atoms with van der Waals surface area (Å²) in [5.41, 5.74) is 13.4. The third kappa shape index (κ3) is 6.86. The number of nitrogens with zero attached hydrogens (tertiary/aromatic N) is 2. The molecule has 0 bridgehead atoms. The first-order chi connectivity index (χ1) is 13.5. The fraction of sp³-hybridized carbons (Fsp3) is 0.381. The molecule has 164 valence electrons. The molecule has 0 spiro atoms. The molecule has 1 unspecified atom stereocenters. The van der Waals surface area contributed by atoms with Crippen molar-refractivity contribution in [2.75, 3.05) is 18.0 Å². The zero-order valence-corrected chi connectivity index (χ0v) is 18.3. The van der Waals surface area contributed by atoms with Gasteiger partial charge in [0.15, 0.2) is 0 Å². The Labute approximate surface area is 189 Å². The van der Waals surface area contributed by atoms with Gasteiger partial charge >= 0.3 is 0 Å². The first-order valence-electron chi connectivity index (χ1n) is 9.60. The average molecular weight is 454 g/mol. The van der Waals surface area contributed by atoms with Gasteiger partial charge in [0.1, 0.15) is 5.82 Å². The van der Waals surface area contributed by atoms with E-state index in [-0.39, 0.29) is 55.0 Å². The summed E-state index contributed by atoms with van der Waals surface area (Å²) < 4.78 is 0. The van der Waals surface area contributed by atoms with Gasteiger partial charge in [-0.3, -0.25) is 9.59 Å². The second-order valence-corrected chi connectivity index (χ2v) is 7.15. The van der Waals surface area contributed by atoms with Gasteiger partial charge in [0, 0.05) is 49.8 Å². The molecule has 1 fully saturated rings. The van der Waals surface area contributed by atoms with Crippen LogP contribution >= 0.6 is 24.8 Å². The first-order valence-corrected chi connectivity index (χ1v) is 9.60. The van der Waals surface area contributed by atoms with Gasteiger partial charge in [0.05, 0.1) is 0 Å². The number of pyridine rings is 1. The molecule has 1 aromatic heterocycles. The van der Waals surface area contributed by atoms with Gasteiger partial charge in [0.25, 0.3) is 0 Å². The molecular weight excluding hydrogens is 425 g/mol. The predicted molar refractivity (Wildman–Crippen MR) is 123 cm³/mol. The average Bonchev–Trinajstić information content (AvgIpc) is 2.73. The van der Waals surface area contributed by atoms with E-state index < -0.39 is 0 Å². The van der Waals surface area contributed by atoms with Crippen molar-refractivity contribution in [2.24, 2.45) is 17.4 Å². The van der Waals surface area contributed by atoms with Gasteiger partial charge in [0.2, 0.25) is 11.8 Å². The minimum Gasteiger partial charge on any atom is -0.369 e. The third-order valence-electron chi connectivity index (χ3n) is 5.17. The van der Waals surface area contributed by atoms with Crippen LogP contribution in [0.3, 0.4) is 0 Å². The molecule has 3 rings (SSSR count). The predicted octanol–water partition coefficient (Wildman–Crippen LogP) is 2.33. The topological polar surface area (TPSA) is 114 Å². The van der Waals surface area contributed by atoms with Crippen LogP contribution in [0.2, 0.25) is 0 Å². The molecule has 1 saturated heterocycles. The molecule has 0 radical (unpaired) electrons. The number of aromatic nitrogens is 1. The van der Waals surface area contributed by atoms with E-state index in [4.69, 9.17) is 11.5 Å². The van der Waals surface area contributed by atoms with Gasteiger partial charge in [-0.25, -0.2) is 4.98 Å². The van der Waals surface area contributed by atoms with Crippen LogP contribution in [0.4, 0.5) is 5.82 Å². The van der Waals surface area contributed by atoms with E-state index in [1.54, 1.807) is 6.20 Å². The highest BCUT2D eigenvalue weighted by Gasteiger charge is 2.25. The highest BCUT2D eigenvalue weighted by molar-refractivity contribution is 5.85. The van der Waals surface area contributed by atoms with Crippen LogP contribution in [0.5, 0.6) is 0 Å². The standard InChI is InChI=1S/C21H27N5O2.2ClH/c22-18(15-5-2-1-3-6-15)13-19(27)25-14-17-7-4-10-24-21(17)26-11-8-16(9-12-26)20(23)28;;/h1-7,10,16,18H,8-9,11-14,22H2,(H2,23,28)(H,25,27);2*1H. The van der Waals surface area contributed by atoms with Crippen LogP contribution in [-0.4, -0.2) is 29.9 Å². The fourth-order valence-corrected chi connectivity index (χ4v) is 3.51. The van der Waals surface area contributed by atoms with Crippen LogP contribution in [0.25, 0.3) is 0 Å². The molecule has 7 nitrogen and oxygen atoms in total. The highest BCUT2D eigenvalue weighted by atomic mass is 35.5. The van der Waals surface area contributed by atoms with Gasteiger partial charge in [-0.1, -0.05) is 36.4 Å². The number of carbonyl (C=O) groups is 2. The summed E-state index contributed by atoms with van der Waals surface area (Å²) in [5.74, 6) is 0.446. The Kier molecular flexibility index (Phi) is 10.6. The third-order valence-corrected chi connectivity index (χ3v) is 5.17. The lowest BCUT2D eigenvalue weighted by molar-refractivity contribution is -0.122. The van der Waals surface area contributed by atoms with Crippen molar-refractivity contribution in [1.29, 1.82) is 0 Å². The van der Waals surface area contributed by atoms with Crippen LogP contribution in [0.1, 0.15) is 36.4 Å². The maximum atomic E-state index is 12.3. The number of amides is 2. The highest BCUT2D eigenvalue weighted by Crippen LogP contribution is 2.24. The van der Waals surface area contributed by atoms with E-state index in [9.17, 15) is 9.59 Å². The largest absolute Gasteiger partial charge is 0.369 e. The normalized spacial score (nSPS) is 14.8. The second-order valence-electron chi connectivity index (χ2n) is 7.15. The van der Waals surface area contributed by atoms with Crippen molar-refractivity contribution in [3.63, 3.8) is 0 Å². The molecule has 0 saturated carbocycles. The maximum absolute atomic E-state index is 12.3. The van der Waals surface area contributed by atoms with Crippen molar-refractivity contribution in [2.45, 2.75) is 31.8 Å². The number of halogens is 2. The molecule has 30 heavy (non-hydrogen) atoms. The smallest absolute Gasteiger partial charge is 0.222 e. The molecule has 1 atom stereocenters. The van der Waals surface area contributed by atoms with Crippen LogP contribution in [-0.2, 0) is 16.1 Å². The number of nitrogens with one attached hydrogen (secondary N) is 1. The molecule has 2 amide bonds. The van der Waals surface area contributed by atoms with Crippen LogP contribution in [0, 0.1) is 5.92 Å². The lowest BCUT2D eigenvalue weighted by Crippen LogP contribution is -2.39. The zero-order valence-electron chi connectivity index (χ0n) is 16.7. The number of anilines is 1. The Bertz CT molecular complexity index is 814. The summed E-state index contributed by atoms with van der Waals surface area (Å²) in [7, 11) is 0. The fourth-order valence-electron chi connectivity index (χ4n) is 3.51. The van der Waals surface area contributed by atoms with Crippen molar-refractivity contribution in [3.05, 3.63) is 59.8 Å². The Balaban J connectivity index is 0.00000225. The maximum Gasteiger partial charge on any atom is 0.222 e. The van der Waals surface area contributed by atoms with E-state index in [0.717, 1.165) is 42.9 Å². The van der Waals surface area contributed by atoms with Gasteiger partial charge in [-0.15, -0.1) is 24.8 Å². The van der Waals surface area contributed by atoms with Gasteiger partial charge < -0.3 is 21.7 Å². The minimum absolute atomic E-state index is 0. The molecule has 1 aliphatic heterocycles. The Morgan fingerprint density at radius 1 is 1.10 bits per heavy atom. The van der Waals surface area contributed by atoms with Crippen molar-refractivity contribution in [1.82, 2.24) is 10.3 Å². The van der Waals surface area contributed by atoms with Crippen molar-refractivity contribution >= 4 is 42.4 Å². The van der Waals surface area contributed by atoms with E-state index in [1.807, 2.05) is 42.5 Å². The summed E-state index contributed by atoms with van der Waals surface area (Å²) >= 11 is 0. The quantitative estimate of drug-likeness (QED) is 0.594. The summed E-state index contributed by atoms with van der Waals surface area (Å²) in [6.07, 6.45) is 3.42. The Morgan fingerprint density at radius 2 is 1.77 bits per heavy atom. The summed E-state index contributed by atoms with van der Waals surface area (Å²) in [6, 6.07) is 13.1. The van der Waals surface area contributed by atoms with E-state index in [0.29, 0.717) is 6.54 Å². The summed E-state index contributed by atoms with van der Waals surface area (Å²) in [5, 5.41) is 2.95. The summed E-state index contributed by atoms with van der Waals surface area (Å²) in [6.45, 7) is 1.84. The number of benzene rings is 1. The minimum atomic E-state index is -0.331. The zero-order chi connectivity index (χ0) is 19.9. The van der Waals surface area contributed by atoms with E-state index >= 15 is 0 Å². The number of piperidine rings is 1. The first kappa shape index (κ1) is 25.7. The number of hydrogen-bond donors (Lipinski definition) is 3. The molecule has 2 aromatic rings. The Morgan fingerprint density at radius 3 is 2.40 bits per heavy atom. The molecule has 0 aliphatic carbocycles. The second kappa shape index (κ2) is 12.4. The molecule has 9 heteroatoms. The SMILES string of the molecule is Cl.Cl.NC(=O)C1CCN(c2ncccc2CNC(=O)CC(N)c2ccccc2)CC1. The molecule has 2 heterocycles. The number of rotatable bonds is 7. The van der Waals surface area contributed by atoms with Gasteiger partial charge in [-0.05, 0) is 24.5 Å². The number of hydrogen-bond acceptors (Lipinski definition) is 5. The Hall–Kier alpha value is -2.35. The molecule has 1 aromatic carbocycles. The number of primary amides is 1.